The van der Waals surface area contributed by atoms with Crippen LogP contribution in [0.25, 0.3) is 0 Å². The molecule has 0 aromatic heterocycles. The van der Waals surface area contributed by atoms with Crippen LogP contribution in [0.15, 0.2) is 18.2 Å². The number of rotatable bonds is 5. The number of nitro benzene ring substituents is 1. The third-order valence-electron chi connectivity index (χ3n) is 4.18. The highest BCUT2D eigenvalue weighted by molar-refractivity contribution is 5.93. The highest BCUT2D eigenvalue weighted by atomic mass is 16.6. The predicted molar refractivity (Wildman–Crippen MR) is 87.6 cm³/mol. The number of hydrogen-bond donors (Lipinski definition) is 1. The zero-order valence-corrected chi connectivity index (χ0v) is 13.8. The van der Waals surface area contributed by atoms with Gasteiger partial charge in [0.05, 0.1) is 24.5 Å². The largest absolute Gasteiger partial charge is 0.469 e. The van der Waals surface area contributed by atoms with Crippen molar-refractivity contribution in [1.29, 1.82) is 0 Å². The Bertz CT molecular complexity index is 639. The molecule has 1 amide bonds. The first-order valence-electron chi connectivity index (χ1n) is 7.75. The molecule has 0 aliphatic carbocycles. The lowest BCUT2D eigenvalue weighted by molar-refractivity contribution is -0.384. The summed E-state index contributed by atoms with van der Waals surface area (Å²) in [5, 5.41) is 13.5. The summed E-state index contributed by atoms with van der Waals surface area (Å²) in [4.78, 5) is 35.9. The van der Waals surface area contributed by atoms with Crippen molar-refractivity contribution in [3.05, 3.63) is 33.9 Å². The van der Waals surface area contributed by atoms with Crippen LogP contribution in [0, 0.1) is 23.0 Å². The fourth-order valence-electron chi connectivity index (χ4n) is 2.79. The number of hydrogen-bond acceptors (Lipinski definition) is 6. The minimum atomic E-state index is -0.468. The SMILES string of the molecule is COC(=O)C1CCN(CC(=O)Nc2ccc([N+](=O)[O-])cc2C)CC1. The zero-order valence-electron chi connectivity index (χ0n) is 13.8. The van der Waals surface area contributed by atoms with E-state index in [0.717, 1.165) is 0 Å². The molecule has 1 aromatic rings. The van der Waals surface area contributed by atoms with Gasteiger partial charge in [-0.25, -0.2) is 0 Å². The van der Waals surface area contributed by atoms with Crippen LogP contribution in [-0.2, 0) is 14.3 Å². The molecule has 1 aliphatic heterocycles. The van der Waals surface area contributed by atoms with Crippen LogP contribution >= 0.6 is 0 Å². The predicted octanol–water partition coefficient (Wildman–Crippen LogP) is 1.73. The third kappa shape index (κ3) is 4.51. The van der Waals surface area contributed by atoms with E-state index in [-0.39, 0.29) is 30.0 Å². The number of anilines is 1. The first-order chi connectivity index (χ1) is 11.4. The molecule has 0 bridgehead atoms. The molecule has 8 nitrogen and oxygen atoms in total. The number of nitrogens with zero attached hydrogens (tertiary/aromatic N) is 2. The number of ether oxygens (including phenoxy) is 1. The number of amides is 1. The van der Waals surface area contributed by atoms with Crippen molar-refractivity contribution in [3.8, 4) is 0 Å². The molecule has 8 heteroatoms. The molecule has 1 heterocycles. The Morgan fingerprint density at radius 1 is 1.38 bits per heavy atom. The molecule has 0 radical (unpaired) electrons. The molecule has 0 spiro atoms. The normalized spacial score (nSPS) is 15.8. The molecule has 0 saturated carbocycles. The maximum absolute atomic E-state index is 12.1. The van der Waals surface area contributed by atoms with Crippen LogP contribution in [0.5, 0.6) is 0 Å². The molecule has 1 aliphatic rings. The van der Waals surface area contributed by atoms with Gasteiger partial charge in [0.1, 0.15) is 0 Å². The molecule has 1 aromatic carbocycles. The van der Waals surface area contributed by atoms with Gasteiger partial charge in [-0.15, -0.1) is 0 Å². The van der Waals surface area contributed by atoms with E-state index in [2.05, 4.69) is 5.32 Å². The molecule has 1 saturated heterocycles. The van der Waals surface area contributed by atoms with Crippen LogP contribution in [0.2, 0.25) is 0 Å². The van der Waals surface area contributed by atoms with Gasteiger partial charge in [-0.3, -0.25) is 24.6 Å². The molecule has 24 heavy (non-hydrogen) atoms. The van der Waals surface area contributed by atoms with E-state index in [0.29, 0.717) is 37.2 Å². The molecular formula is C16H21N3O5. The lowest BCUT2D eigenvalue weighted by Gasteiger charge is -2.30. The minimum absolute atomic E-state index is 0.00428. The molecule has 1 fully saturated rings. The molecular weight excluding hydrogens is 314 g/mol. The van der Waals surface area contributed by atoms with Gasteiger partial charge in [0.2, 0.25) is 5.91 Å². The molecule has 2 rings (SSSR count). The first kappa shape index (κ1) is 17.9. The van der Waals surface area contributed by atoms with E-state index in [1.54, 1.807) is 6.92 Å². The Kier molecular flexibility index (Phi) is 5.86. The van der Waals surface area contributed by atoms with Crippen molar-refractivity contribution in [2.75, 3.05) is 32.1 Å². The van der Waals surface area contributed by atoms with Gasteiger partial charge in [0.15, 0.2) is 0 Å². The summed E-state index contributed by atoms with van der Waals surface area (Å²) in [7, 11) is 1.38. The lowest BCUT2D eigenvalue weighted by atomic mass is 9.97. The van der Waals surface area contributed by atoms with Gasteiger partial charge in [-0.2, -0.15) is 0 Å². The summed E-state index contributed by atoms with van der Waals surface area (Å²) in [6.07, 6.45) is 1.35. The van der Waals surface area contributed by atoms with Crippen molar-refractivity contribution >= 4 is 23.3 Å². The maximum Gasteiger partial charge on any atom is 0.308 e. The number of nitrogens with one attached hydrogen (secondary N) is 1. The highest BCUT2D eigenvalue weighted by Gasteiger charge is 2.26. The highest BCUT2D eigenvalue weighted by Crippen LogP contribution is 2.22. The van der Waals surface area contributed by atoms with Crippen LogP contribution < -0.4 is 5.32 Å². The number of benzene rings is 1. The fraction of sp³-hybridized carbons (Fsp3) is 0.500. The summed E-state index contributed by atoms with van der Waals surface area (Å²) in [5.74, 6) is -0.463. The molecule has 130 valence electrons. The summed E-state index contributed by atoms with van der Waals surface area (Å²) in [5.41, 5.74) is 1.20. The van der Waals surface area contributed by atoms with Gasteiger partial charge in [0.25, 0.3) is 5.69 Å². The standard InChI is InChI=1S/C16H21N3O5/c1-11-9-13(19(22)23)3-4-14(11)17-15(20)10-18-7-5-12(6-8-18)16(21)24-2/h3-4,9,12H,5-8,10H2,1-2H3,(H,17,20). The van der Waals surface area contributed by atoms with Crippen LogP contribution in [0.4, 0.5) is 11.4 Å². The van der Waals surface area contributed by atoms with E-state index in [9.17, 15) is 19.7 Å². The van der Waals surface area contributed by atoms with E-state index < -0.39 is 4.92 Å². The second kappa shape index (κ2) is 7.87. The number of non-ortho nitro benzene ring substituents is 1. The maximum atomic E-state index is 12.1. The Hall–Kier alpha value is -2.48. The Labute approximate surface area is 139 Å². The van der Waals surface area contributed by atoms with E-state index in [1.165, 1.54) is 25.3 Å². The second-order valence-corrected chi connectivity index (χ2v) is 5.88. The van der Waals surface area contributed by atoms with Crippen molar-refractivity contribution in [2.45, 2.75) is 19.8 Å². The van der Waals surface area contributed by atoms with Gasteiger partial charge < -0.3 is 10.1 Å². The van der Waals surface area contributed by atoms with Crippen molar-refractivity contribution in [2.24, 2.45) is 5.92 Å². The number of likely N-dealkylation sites (tertiary alicyclic amines) is 1. The quantitative estimate of drug-likeness (QED) is 0.499. The van der Waals surface area contributed by atoms with Crippen LogP contribution in [0.1, 0.15) is 18.4 Å². The van der Waals surface area contributed by atoms with Crippen molar-refractivity contribution in [1.82, 2.24) is 4.90 Å². The molecule has 0 atom stereocenters. The minimum Gasteiger partial charge on any atom is -0.469 e. The van der Waals surface area contributed by atoms with Crippen molar-refractivity contribution in [3.63, 3.8) is 0 Å². The summed E-state index contributed by atoms with van der Waals surface area (Å²) in [6, 6.07) is 4.33. The van der Waals surface area contributed by atoms with Gasteiger partial charge in [-0.1, -0.05) is 0 Å². The van der Waals surface area contributed by atoms with E-state index >= 15 is 0 Å². The smallest absolute Gasteiger partial charge is 0.308 e. The van der Waals surface area contributed by atoms with Gasteiger partial charge in [0, 0.05) is 17.8 Å². The summed E-state index contributed by atoms with van der Waals surface area (Å²) < 4.78 is 4.74. The number of carbonyl (C=O) groups excluding carboxylic acids is 2. The lowest BCUT2D eigenvalue weighted by Crippen LogP contribution is -2.41. The second-order valence-electron chi connectivity index (χ2n) is 5.88. The third-order valence-corrected chi connectivity index (χ3v) is 4.18. The van der Waals surface area contributed by atoms with Crippen LogP contribution in [0.3, 0.4) is 0 Å². The molecule has 0 unspecified atom stereocenters. The Morgan fingerprint density at radius 2 is 2.04 bits per heavy atom. The van der Waals surface area contributed by atoms with Gasteiger partial charge in [-0.05, 0) is 44.5 Å². The number of aryl methyl sites for hydroxylation is 1. The monoisotopic (exact) mass is 335 g/mol. The van der Waals surface area contributed by atoms with Crippen LogP contribution in [-0.4, -0.2) is 48.4 Å². The van der Waals surface area contributed by atoms with E-state index in [4.69, 9.17) is 4.74 Å². The Morgan fingerprint density at radius 3 is 2.58 bits per heavy atom. The number of piperidine rings is 1. The first-order valence-corrected chi connectivity index (χ1v) is 7.75. The Balaban J connectivity index is 1.86. The fourth-order valence-corrected chi connectivity index (χ4v) is 2.79. The summed E-state index contributed by atoms with van der Waals surface area (Å²) >= 11 is 0. The van der Waals surface area contributed by atoms with E-state index in [1.807, 2.05) is 4.90 Å². The average Bonchev–Trinajstić information content (AvgIpc) is 2.56. The number of methoxy groups -OCH3 is 1. The zero-order chi connectivity index (χ0) is 17.7. The average molecular weight is 335 g/mol. The summed E-state index contributed by atoms with van der Waals surface area (Å²) in [6.45, 7) is 3.26. The van der Waals surface area contributed by atoms with Crippen molar-refractivity contribution < 1.29 is 19.2 Å². The number of esters is 1. The number of carbonyl (C=O) groups is 2. The van der Waals surface area contributed by atoms with Gasteiger partial charge >= 0.3 is 5.97 Å². The topological polar surface area (TPSA) is 102 Å². The number of nitro groups is 1. The molecule has 1 N–H and O–H groups in total.